The molecule has 0 saturated heterocycles. The van der Waals surface area contributed by atoms with Crippen LogP contribution >= 0.6 is 0 Å². The van der Waals surface area contributed by atoms with E-state index in [1.807, 2.05) is 57.2 Å². The zero-order valence-corrected chi connectivity index (χ0v) is 15.3. The van der Waals surface area contributed by atoms with Crippen molar-refractivity contribution in [1.29, 1.82) is 0 Å². The predicted molar refractivity (Wildman–Crippen MR) is 101 cm³/mol. The van der Waals surface area contributed by atoms with Crippen molar-refractivity contribution in [3.8, 4) is 11.1 Å². The molecule has 0 aliphatic rings. The Labute approximate surface area is 148 Å². The van der Waals surface area contributed by atoms with Crippen LogP contribution in [0.25, 0.3) is 11.1 Å². The van der Waals surface area contributed by atoms with Crippen molar-refractivity contribution in [2.24, 2.45) is 0 Å². The molecule has 2 aromatic carbocycles. The lowest BCUT2D eigenvalue weighted by Gasteiger charge is -2.11. The number of benzene rings is 2. The fourth-order valence-corrected chi connectivity index (χ4v) is 3.74. The molecule has 0 fully saturated rings. The summed E-state index contributed by atoms with van der Waals surface area (Å²) in [5.74, 6) is 0.320. The molecule has 128 valence electrons. The predicted octanol–water partition coefficient (Wildman–Crippen LogP) is 4.47. The molecular formula is C20H20N2O2S. The molecule has 0 bridgehead atoms. The lowest BCUT2D eigenvalue weighted by atomic mass is 10.00. The first-order chi connectivity index (χ1) is 11.8. The second kappa shape index (κ2) is 6.69. The normalized spacial score (nSPS) is 11.3. The number of pyridine rings is 1. The van der Waals surface area contributed by atoms with Crippen LogP contribution < -0.4 is 4.72 Å². The number of sulfonamides is 1. The number of hydrogen-bond donors (Lipinski definition) is 1. The number of aromatic nitrogens is 1. The highest BCUT2D eigenvalue weighted by Crippen LogP contribution is 2.26. The van der Waals surface area contributed by atoms with Gasteiger partial charge in [-0.3, -0.25) is 4.72 Å². The number of anilines is 1. The van der Waals surface area contributed by atoms with E-state index in [4.69, 9.17) is 0 Å². The van der Waals surface area contributed by atoms with Crippen LogP contribution in [0.4, 0.5) is 5.82 Å². The summed E-state index contributed by atoms with van der Waals surface area (Å²) in [7, 11) is -3.67. The molecule has 0 atom stereocenters. The molecule has 1 aromatic heterocycles. The fourth-order valence-electron chi connectivity index (χ4n) is 2.66. The van der Waals surface area contributed by atoms with Gasteiger partial charge in [0.2, 0.25) is 0 Å². The summed E-state index contributed by atoms with van der Waals surface area (Å²) in [6.45, 7) is 5.77. The molecule has 0 unspecified atom stereocenters. The van der Waals surface area contributed by atoms with Gasteiger partial charge in [0.1, 0.15) is 5.82 Å². The van der Waals surface area contributed by atoms with Crippen molar-refractivity contribution in [3.63, 3.8) is 0 Å². The van der Waals surface area contributed by atoms with E-state index in [0.717, 1.165) is 22.4 Å². The summed E-state index contributed by atoms with van der Waals surface area (Å²) >= 11 is 0. The number of aryl methyl sites for hydroxylation is 3. The third-order valence-corrected chi connectivity index (χ3v) is 5.35. The summed E-state index contributed by atoms with van der Waals surface area (Å²) in [5, 5.41) is 0. The number of nitrogens with one attached hydrogen (secondary N) is 1. The minimum absolute atomic E-state index is 0.226. The smallest absolute Gasteiger partial charge is 0.263 e. The van der Waals surface area contributed by atoms with E-state index in [2.05, 4.69) is 9.71 Å². The highest BCUT2D eigenvalue weighted by Gasteiger charge is 2.16. The van der Waals surface area contributed by atoms with E-state index in [1.165, 1.54) is 5.56 Å². The van der Waals surface area contributed by atoms with Crippen LogP contribution in [0.15, 0.2) is 65.6 Å². The summed E-state index contributed by atoms with van der Waals surface area (Å²) in [5.41, 5.74) is 4.94. The van der Waals surface area contributed by atoms with Gasteiger partial charge in [-0.15, -0.1) is 0 Å². The van der Waals surface area contributed by atoms with Crippen LogP contribution in [0.1, 0.15) is 16.8 Å². The molecule has 0 aliphatic carbocycles. The Bertz CT molecular complexity index is 1010. The maximum Gasteiger partial charge on any atom is 0.263 e. The van der Waals surface area contributed by atoms with Crippen molar-refractivity contribution >= 4 is 15.8 Å². The molecule has 1 heterocycles. The molecule has 3 rings (SSSR count). The average Bonchev–Trinajstić information content (AvgIpc) is 2.55. The monoisotopic (exact) mass is 352 g/mol. The van der Waals surface area contributed by atoms with Gasteiger partial charge in [0, 0.05) is 5.69 Å². The Hall–Kier alpha value is -2.66. The van der Waals surface area contributed by atoms with Crippen LogP contribution in [0.3, 0.4) is 0 Å². The number of nitrogens with zero attached hydrogens (tertiary/aromatic N) is 1. The summed E-state index contributed by atoms with van der Waals surface area (Å²) in [6.07, 6.45) is 0. The van der Waals surface area contributed by atoms with Crippen molar-refractivity contribution in [2.75, 3.05) is 4.72 Å². The SMILES string of the molecule is Cc1ccc(-c2ccc(S(=O)(=O)Nc3cccc(C)n3)cc2C)cc1. The molecule has 1 N–H and O–H groups in total. The first-order valence-electron chi connectivity index (χ1n) is 7.99. The molecule has 0 saturated carbocycles. The van der Waals surface area contributed by atoms with E-state index in [0.29, 0.717) is 5.82 Å². The molecule has 5 heteroatoms. The van der Waals surface area contributed by atoms with Gasteiger partial charge >= 0.3 is 0 Å². The maximum absolute atomic E-state index is 12.6. The topological polar surface area (TPSA) is 59.1 Å². The van der Waals surface area contributed by atoms with Gasteiger partial charge in [0.05, 0.1) is 4.90 Å². The second-order valence-electron chi connectivity index (χ2n) is 6.11. The minimum atomic E-state index is -3.67. The molecule has 0 radical (unpaired) electrons. The molecule has 25 heavy (non-hydrogen) atoms. The van der Waals surface area contributed by atoms with E-state index in [9.17, 15) is 8.42 Å². The van der Waals surface area contributed by atoms with Crippen molar-refractivity contribution in [2.45, 2.75) is 25.7 Å². The highest BCUT2D eigenvalue weighted by atomic mass is 32.2. The molecule has 0 amide bonds. The van der Waals surface area contributed by atoms with Crippen molar-refractivity contribution in [3.05, 3.63) is 77.5 Å². The van der Waals surface area contributed by atoms with Gasteiger partial charge < -0.3 is 0 Å². The number of rotatable bonds is 4. The van der Waals surface area contributed by atoms with Crippen LogP contribution in [-0.2, 0) is 10.0 Å². The Morgan fingerprint density at radius 2 is 1.60 bits per heavy atom. The van der Waals surface area contributed by atoms with Crippen LogP contribution in [0, 0.1) is 20.8 Å². The molecule has 3 aromatic rings. The maximum atomic E-state index is 12.6. The second-order valence-corrected chi connectivity index (χ2v) is 7.79. The molecule has 0 aliphatic heterocycles. The Morgan fingerprint density at radius 1 is 0.880 bits per heavy atom. The lowest BCUT2D eigenvalue weighted by molar-refractivity contribution is 0.601. The van der Waals surface area contributed by atoms with Crippen LogP contribution in [0.2, 0.25) is 0 Å². The van der Waals surface area contributed by atoms with Crippen LogP contribution in [0.5, 0.6) is 0 Å². The zero-order chi connectivity index (χ0) is 18.0. The van der Waals surface area contributed by atoms with Gasteiger partial charge in [-0.1, -0.05) is 42.0 Å². The van der Waals surface area contributed by atoms with Gasteiger partial charge in [0.15, 0.2) is 0 Å². The average molecular weight is 352 g/mol. The van der Waals surface area contributed by atoms with E-state index in [1.54, 1.807) is 24.3 Å². The van der Waals surface area contributed by atoms with E-state index < -0.39 is 10.0 Å². The van der Waals surface area contributed by atoms with Gasteiger partial charge in [-0.2, -0.15) is 0 Å². The standard InChI is InChI=1S/C20H20N2O2S/c1-14-7-9-17(10-8-14)19-12-11-18(13-15(19)2)25(23,24)22-20-6-4-5-16(3)21-20/h4-13H,1-3H3,(H,21,22). The number of hydrogen-bond acceptors (Lipinski definition) is 3. The fraction of sp³-hybridized carbons (Fsp3) is 0.150. The summed E-state index contributed by atoms with van der Waals surface area (Å²) < 4.78 is 27.7. The quantitative estimate of drug-likeness (QED) is 0.753. The zero-order valence-electron chi connectivity index (χ0n) is 14.4. The van der Waals surface area contributed by atoms with Gasteiger partial charge in [-0.05, 0) is 61.7 Å². The highest BCUT2D eigenvalue weighted by molar-refractivity contribution is 7.92. The third-order valence-electron chi connectivity index (χ3n) is 4.00. The van der Waals surface area contributed by atoms with Gasteiger partial charge in [-0.25, -0.2) is 13.4 Å². The van der Waals surface area contributed by atoms with E-state index >= 15 is 0 Å². The molecule has 4 nitrogen and oxygen atoms in total. The van der Waals surface area contributed by atoms with Crippen molar-refractivity contribution in [1.82, 2.24) is 4.98 Å². The third kappa shape index (κ3) is 3.88. The van der Waals surface area contributed by atoms with Gasteiger partial charge in [0.25, 0.3) is 10.0 Å². The largest absolute Gasteiger partial charge is 0.263 e. The Morgan fingerprint density at radius 3 is 2.24 bits per heavy atom. The molecular weight excluding hydrogens is 332 g/mol. The minimum Gasteiger partial charge on any atom is -0.263 e. The van der Waals surface area contributed by atoms with E-state index in [-0.39, 0.29) is 4.90 Å². The first-order valence-corrected chi connectivity index (χ1v) is 9.48. The lowest BCUT2D eigenvalue weighted by Crippen LogP contribution is -2.14. The molecule has 0 spiro atoms. The van der Waals surface area contributed by atoms with Crippen molar-refractivity contribution < 1.29 is 8.42 Å². The Balaban J connectivity index is 1.92. The summed E-state index contributed by atoms with van der Waals surface area (Å²) in [4.78, 5) is 4.42. The Kier molecular flexibility index (Phi) is 4.59. The first kappa shape index (κ1) is 17.2. The summed E-state index contributed by atoms with van der Waals surface area (Å²) in [6, 6.07) is 18.6. The van der Waals surface area contributed by atoms with Crippen LogP contribution in [-0.4, -0.2) is 13.4 Å².